The third-order valence-electron chi connectivity index (χ3n) is 9.17. The second-order valence-corrected chi connectivity index (χ2v) is 12.9. The first-order chi connectivity index (χ1) is 27.1. The Balaban J connectivity index is 1.39. The maximum Gasteiger partial charge on any atom is 0.331 e. The van der Waals surface area contributed by atoms with Gasteiger partial charge in [-0.1, -0.05) is 6.07 Å². The van der Waals surface area contributed by atoms with E-state index in [1.807, 2.05) is 0 Å². The van der Waals surface area contributed by atoms with Crippen molar-refractivity contribution >= 4 is 23.0 Å². The Kier molecular flexibility index (Phi) is 12.1. The quantitative estimate of drug-likeness (QED) is 0.0488. The molecule has 20 nitrogen and oxygen atoms in total. The van der Waals surface area contributed by atoms with Gasteiger partial charge in [0.25, 0.3) is 0 Å². The average Bonchev–Trinajstić information content (AvgIpc) is 3.19. The number of carbonyl (C=O) groups excluding carboxylic acids is 1. The van der Waals surface area contributed by atoms with Crippen molar-refractivity contribution in [1.82, 2.24) is 0 Å². The molecule has 2 aliphatic heterocycles. The van der Waals surface area contributed by atoms with Crippen LogP contribution >= 0.6 is 0 Å². The van der Waals surface area contributed by atoms with Crippen LogP contribution in [0.3, 0.4) is 0 Å². The molecule has 3 aromatic carbocycles. The zero-order chi connectivity index (χ0) is 41.3. The van der Waals surface area contributed by atoms with Gasteiger partial charge in [0.1, 0.15) is 65.2 Å². The Hall–Kier alpha value is -5.68. The summed E-state index contributed by atoms with van der Waals surface area (Å²) in [6, 6.07) is 9.32. The Morgan fingerprint density at radius 2 is 1.40 bits per heavy atom. The van der Waals surface area contributed by atoms with E-state index in [9.17, 15) is 65.8 Å². The number of aliphatic hydroxyl groups is 7. The second-order valence-electron chi connectivity index (χ2n) is 12.9. The maximum absolute atomic E-state index is 14.2. The van der Waals surface area contributed by atoms with E-state index in [0.717, 1.165) is 30.3 Å². The summed E-state index contributed by atoms with van der Waals surface area (Å²) in [7, 11) is 1.32. The lowest BCUT2D eigenvalue weighted by Gasteiger charge is -2.41. The van der Waals surface area contributed by atoms with E-state index in [-0.39, 0.29) is 22.8 Å². The molecule has 2 fully saturated rings. The minimum Gasteiger partial charge on any atom is -0.507 e. The highest BCUT2D eigenvalue weighted by Gasteiger charge is 2.49. The minimum atomic E-state index is -1.99. The molecule has 0 spiro atoms. The lowest BCUT2D eigenvalue weighted by Crippen LogP contribution is -2.61. The first-order valence-corrected chi connectivity index (χ1v) is 17.0. The minimum absolute atomic E-state index is 0.101. The van der Waals surface area contributed by atoms with Crippen LogP contribution in [0.2, 0.25) is 0 Å². The van der Waals surface area contributed by atoms with Gasteiger partial charge in [0.15, 0.2) is 34.9 Å². The largest absolute Gasteiger partial charge is 0.507 e. The van der Waals surface area contributed by atoms with E-state index >= 15 is 0 Å². The first kappa shape index (κ1) is 41.0. The molecule has 10 atom stereocenters. The molecule has 0 aliphatic carbocycles. The van der Waals surface area contributed by atoms with Crippen LogP contribution in [-0.4, -0.2) is 144 Å². The van der Waals surface area contributed by atoms with Crippen LogP contribution in [0.15, 0.2) is 63.8 Å². The summed E-state index contributed by atoms with van der Waals surface area (Å²) in [4.78, 5) is 27.3. The smallest absolute Gasteiger partial charge is 0.331 e. The number of phenolic OH excluding ortho intramolecular Hbond substituents is 4. The van der Waals surface area contributed by atoms with E-state index < -0.39 is 126 Å². The predicted octanol–water partition coefficient (Wildman–Crippen LogP) is -1.09. The number of rotatable bonds is 11. The van der Waals surface area contributed by atoms with Crippen LogP contribution in [0.4, 0.5) is 0 Å². The molecular weight excluding hydrogens is 764 g/mol. The van der Waals surface area contributed by atoms with Crippen LogP contribution in [0, 0.1) is 0 Å². The third kappa shape index (κ3) is 8.25. The van der Waals surface area contributed by atoms with Crippen molar-refractivity contribution in [3.63, 3.8) is 0 Å². The van der Waals surface area contributed by atoms with E-state index in [1.165, 1.54) is 37.5 Å². The summed E-state index contributed by atoms with van der Waals surface area (Å²) in [5.74, 6) is -4.85. The second kappa shape index (κ2) is 16.8. The molecule has 4 aromatic rings. The number of methoxy groups -OCH3 is 1. The average molecular weight is 803 g/mol. The van der Waals surface area contributed by atoms with Gasteiger partial charge in [-0.3, -0.25) is 4.79 Å². The van der Waals surface area contributed by atoms with Crippen molar-refractivity contribution in [2.45, 2.75) is 61.4 Å². The standard InChI is InChI=1S/C37H38O20/c1-51-21-8-14(2-5-18(21)41)3-7-25(44)56-35-31(49)28(46)24(13-39)55-37(35)57-34-29(47)26-20(43)10-16(52-36-32(50)30(48)27(45)23(12-38)54-36)11-22(26)53-33(34)15-4-6-17(40)19(42)9-15/h2-11,23-24,27-28,30-32,35-43,45-46,48-50H,12-13H2,1H3. The van der Waals surface area contributed by atoms with Gasteiger partial charge in [0.05, 0.1) is 20.3 Å². The molecule has 20 heteroatoms. The number of hydrogen-bond acceptors (Lipinski definition) is 20. The molecule has 0 radical (unpaired) electrons. The van der Waals surface area contributed by atoms with Crippen LogP contribution in [0.1, 0.15) is 5.56 Å². The normalized spacial score (nSPS) is 27.6. The molecule has 57 heavy (non-hydrogen) atoms. The summed E-state index contributed by atoms with van der Waals surface area (Å²) >= 11 is 0. The zero-order valence-corrected chi connectivity index (χ0v) is 29.6. The number of esters is 1. The van der Waals surface area contributed by atoms with E-state index in [0.29, 0.717) is 5.56 Å². The number of benzene rings is 3. The summed E-state index contributed by atoms with van der Waals surface area (Å²) in [6.07, 6.45) is -15.5. The Labute approximate surface area is 320 Å². The zero-order valence-electron chi connectivity index (χ0n) is 29.6. The van der Waals surface area contributed by atoms with Crippen molar-refractivity contribution in [2.75, 3.05) is 20.3 Å². The molecule has 0 saturated carbocycles. The van der Waals surface area contributed by atoms with Gasteiger partial charge in [0, 0.05) is 23.8 Å². The number of aliphatic hydroxyl groups excluding tert-OH is 7. The maximum atomic E-state index is 14.2. The Bertz CT molecular complexity index is 2180. The third-order valence-corrected chi connectivity index (χ3v) is 9.17. The van der Waals surface area contributed by atoms with Gasteiger partial charge in [-0.05, 0) is 42.0 Å². The van der Waals surface area contributed by atoms with Crippen LogP contribution in [0.25, 0.3) is 28.4 Å². The molecule has 2 aliphatic rings. The van der Waals surface area contributed by atoms with Crippen molar-refractivity contribution in [2.24, 2.45) is 0 Å². The van der Waals surface area contributed by atoms with Crippen molar-refractivity contribution in [3.05, 3.63) is 70.4 Å². The Morgan fingerprint density at radius 1 is 0.737 bits per heavy atom. The highest BCUT2D eigenvalue weighted by Crippen LogP contribution is 2.40. The topological polar surface area (TPSA) is 325 Å². The molecule has 11 N–H and O–H groups in total. The first-order valence-electron chi connectivity index (χ1n) is 17.0. The van der Waals surface area contributed by atoms with Gasteiger partial charge >= 0.3 is 5.97 Å². The van der Waals surface area contributed by atoms with Crippen LogP contribution in [-0.2, 0) is 19.0 Å². The molecule has 1 aromatic heterocycles. The number of aromatic hydroxyl groups is 4. The SMILES string of the molecule is COc1cc(C=CC(=O)OC2C(Oc3c(-c4ccc(O)c(O)c4)oc4cc(OC5OC(CO)C(O)C(O)C5O)cc(O)c4c3=O)OC(CO)C(O)C2O)ccc1O. The number of carbonyl (C=O) groups is 1. The number of hydrogen-bond donors (Lipinski definition) is 11. The van der Waals surface area contributed by atoms with E-state index in [2.05, 4.69) is 0 Å². The molecule has 0 amide bonds. The lowest BCUT2D eigenvalue weighted by molar-refractivity contribution is -0.281. The molecule has 2 saturated heterocycles. The highest BCUT2D eigenvalue weighted by molar-refractivity contribution is 5.89. The van der Waals surface area contributed by atoms with Gasteiger partial charge in [-0.2, -0.15) is 0 Å². The molecule has 6 rings (SSSR count). The van der Waals surface area contributed by atoms with Gasteiger partial charge in [-0.25, -0.2) is 4.79 Å². The van der Waals surface area contributed by atoms with Crippen molar-refractivity contribution in [1.29, 1.82) is 0 Å². The fourth-order valence-corrected chi connectivity index (χ4v) is 6.11. The van der Waals surface area contributed by atoms with E-state index in [4.69, 9.17) is 32.8 Å². The molecular formula is C37H38O20. The summed E-state index contributed by atoms with van der Waals surface area (Å²) in [5.41, 5.74) is -1.30. The number of fused-ring (bicyclic) bond motifs is 1. The van der Waals surface area contributed by atoms with Crippen molar-refractivity contribution < 1.29 is 93.8 Å². The summed E-state index contributed by atoms with van der Waals surface area (Å²) < 4.78 is 39.0. The highest BCUT2D eigenvalue weighted by atomic mass is 16.7. The van der Waals surface area contributed by atoms with E-state index in [1.54, 1.807) is 0 Å². The number of ether oxygens (including phenoxy) is 6. The van der Waals surface area contributed by atoms with Gasteiger partial charge in [-0.15, -0.1) is 0 Å². The summed E-state index contributed by atoms with van der Waals surface area (Å²) in [6.45, 7) is -1.65. The fourth-order valence-electron chi connectivity index (χ4n) is 6.11. The lowest BCUT2D eigenvalue weighted by atomic mass is 9.99. The van der Waals surface area contributed by atoms with Crippen molar-refractivity contribution in [3.8, 4) is 51.6 Å². The molecule has 0 bridgehead atoms. The van der Waals surface area contributed by atoms with Gasteiger partial charge < -0.3 is 89.0 Å². The van der Waals surface area contributed by atoms with Crippen LogP contribution in [0.5, 0.6) is 40.2 Å². The van der Waals surface area contributed by atoms with Gasteiger partial charge in [0.2, 0.25) is 23.8 Å². The number of phenols is 4. The Morgan fingerprint density at radius 3 is 2.07 bits per heavy atom. The molecule has 10 unspecified atom stereocenters. The molecule has 3 heterocycles. The fraction of sp³-hybridized carbons (Fsp3) is 0.351. The summed E-state index contributed by atoms with van der Waals surface area (Å²) in [5, 5.41) is 113. The monoisotopic (exact) mass is 802 g/mol. The predicted molar refractivity (Wildman–Crippen MR) is 189 cm³/mol. The van der Waals surface area contributed by atoms with Crippen LogP contribution < -0.4 is 19.6 Å². The molecule has 306 valence electrons.